The first-order valence-corrected chi connectivity index (χ1v) is 24.4. The summed E-state index contributed by atoms with van der Waals surface area (Å²) in [6, 6.07) is 31.7. The Labute approximate surface area is 372 Å². The molecule has 4 saturated heterocycles. The van der Waals surface area contributed by atoms with E-state index in [-0.39, 0.29) is 0 Å². The fourth-order valence-corrected chi connectivity index (χ4v) is 11.8. The Bertz CT molecular complexity index is 2030. The highest BCUT2D eigenvalue weighted by molar-refractivity contribution is 5.54. The van der Waals surface area contributed by atoms with E-state index in [2.05, 4.69) is 105 Å². The molecule has 0 amide bonds. The van der Waals surface area contributed by atoms with Crippen molar-refractivity contribution in [3.05, 3.63) is 118 Å². The third kappa shape index (κ3) is 9.84. The van der Waals surface area contributed by atoms with E-state index in [0.717, 1.165) is 75.2 Å². The van der Waals surface area contributed by atoms with E-state index in [1.807, 2.05) is 0 Å². The molecule has 4 aromatic rings. The van der Waals surface area contributed by atoms with Gasteiger partial charge in [0.25, 0.3) is 0 Å². The fraction of sp³-hybridized carbons (Fsp3) is 0.556. The van der Waals surface area contributed by atoms with Gasteiger partial charge < -0.3 is 28.7 Å². The van der Waals surface area contributed by atoms with Crippen molar-refractivity contribution in [3.8, 4) is 23.0 Å². The maximum atomic E-state index is 6.48. The molecule has 0 bridgehead atoms. The number of likely N-dealkylation sites (tertiary alicyclic amines) is 2. The molecule has 0 radical (unpaired) electrons. The molecule has 4 aromatic carbocycles. The molecule has 6 aliphatic rings. The van der Waals surface area contributed by atoms with Gasteiger partial charge in [-0.1, -0.05) is 67.4 Å². The second-order valence-electron chi connectivity index (χ2n) is 18.7. The number of fused-ring (bicyclic) bond motifs is 6. The largest absolute Gasteiger partial charge is 0.496 e. The van der Waals surface area contributed by atoms with Crippen LogP contribution in [-0.2, 0) is 0 Å². The predicted octanol–water partition coefficient (Wildman–Crippen LogP) is 10.5. The lowest BCUT2D eigenvalue weighted by Gasteiger charge is -2.38. The first kappa shape index (κ1) is 43.2. The highest BCUT2D eigenvalue weighted by Crippen LogP contribution is 2.50. The van der Waals surface area contributed by atoms with Crippen LogP contribution < -0.4 is 18.9 Å². The number of rotatable bonds is 14. The van der Waals surface area contributed by atoms with Crippen LogP contribution in [-0.4, -0.2) is 112 Å². The molecule has 6 heterocycles. The molecule has 4 atom stereocenters. The van der Waals surface area contributed by atoms with Crippen molar-refractivity contribution in [2.75, 3.05) is 92.9 Å². The highest BCUT2D eigenvalue weighted by atomic mass is 16.5. The van der Waals surface area contributed by atoms with Gasteiger partial charge in [0.2, 0.25) is 0 Å². The minimum atomic E-state index is 0.291. The van der Waals surface area contributed by atoms with E-state index in [1.54, 1.807) is 14.2 Å². The fourth-order valence-electron chi connectivity index (χ4n) is 11.8. The Morgan fingerprint density at radius 2 is 1.00 bits per heavy atom. The summed E-state index contributed by atoms with van der Waals surface area (Å²) < 4.78 is 24.2. The van der Waals surface area contributed by atoms with Crippen molar-refractivity contribution < 1.29 is 18.9 Å². The molecule has 332 valence electrons. The molecule has 0 aromatic heterocycles. The van der Waals surface area contributed by atoms with Gasteiger partial charge in [-0.05, 0) is 150 Å². The van der Waals surface area contributed by atoms with Crippen molar-refractivity contribution in [2.45, 2.75) is 101 Å². The first-order valence-electron chi connectivity index (χ1n) is 24.4. The molecule has 0 saturated carbocycles. The molecule has 62 heavy (non-hydrogen) atoms. The zero-order chi connectivity index (χ0) is 42.1. The van der Waals surface area contributed by atoms with E-state index in [4.69, 9.17) is 18.9 Å². The lowest BCUT2D eigenvalue weighted by atomic mass is 9.80. The van der Waals surface area contributed by atoms with Crippen LogP contribution in [0.3, 0.4) is 0 Å². The molecule has 0 spiro atoms. The van der Waals surface area contributed by atoms with Crippen molar-refractivity contribution in [2.24, 2.45) is 0 Å². The molecule has 8 nitrogen and oxygen atoms in total. The Morgan fingerprint density at radius 3 is 1.63 bits per heavy atom. The molecule has 4 fully saturated rings. The summed E-state index contributed by atoms with van der Waals surface area (Å²) in [5.41, 5.74) is 8.36. The van der Waals surface area contributed by atoms with Crippen molar-refractivity contribution in [3.63, 3.8) is 0 Å². The number of hydrogen-bond acceptors (Lipinski definition) is 8. The minimum absolute atomic E-state index is 0.291. The normalized spacial score (nSPS) is 23.9. The molecule has 0 unspecified atom stereocenters. The van der Waals surface area contributed by atoms with E-state index in [0.29, 0.717) is 23.9 Å². The second kappa shape index (κ2) is 21.1. The number of hydrogen-bond donors (Lipinski definition) is 0. The monoisotopic (exact) mass is 841 g/mol. The number of methoxy groups -OCH3 is 2. The Kier molecular flexibility index (Phi) is 14.7. The van der Waals surface area contributed by atoms with Crippen LogP contribution in [0.15, 0.2) is 84.9 Å². The number of benzene rings is 4. The molecule has 8 heteroatoms. The number of para-hydroxylation sites is 2. The topological polar surface area (TPSA) is 49.9 Å². The maximum absolute atomic E-state index is 6.48. The first-order chi connectivity index (χ1) is 30.7. The molecule has 0 aliphatic carbocycles. The number of nitrogens with zero attached hydrogens (tertiary/aromatic N) is 4. The summed E-state index contributed by atoms with van der Waals surface area (Å²) in [6.07, 6.45) is 15.5. The van der Waals surface area contributed by atoms with Crippen LogP contribution in [0, 0.1) is 0 Å². The Hall–Kier alpha value is -4.08. The summed E-state index contributed by atoms with van der Waals surface area (Å²) >= 11 is 0. The van der Waals surface area contributed by atoms with Gasteiger partial charge in [-0.2, -0.15) is 0 Å². The van der Waals surface area contributed by atoms with Crippen LogP contribution in [0.2, 0.25) is 0 Å². The van der Waals surface area contributed by atoms with E-state index < -0.39 is 0 Å². The van der Waals surface area contributed by atoms with Gasteiger partial charge in [0, 0.05) is 66.8 Å². The number of piperidine rings is 2. The predicted molar refractivity (Wildman–Crippen MR) is 250 cm³/mol. The van der Waals surface area contributed by atoms with Crippen molar-refractivity contribution in [1.82, 2.24) is 19.6 Å². The van der Waals surface area contributed by atoms with Crippen LogP contribution in [0.1, 0.15) is 134 Å². The van der Waals surface area contributed by atoms with Gasteiger partial charge in [0.05, 0.1) is 27.4 Å². The third-order valence-corrected chi connectivity index (χ3v) is 14.9. The molecule has 10 rings (SSSR count). The summed E-state index contributed by atoms with van der Waals surface area (Å²) in [7, 11) is 3.56. The van der Waals surface area contributed by atoms with Gasteiger partial charge in [-0.15, -0.1) is 0 Å². The molecular weight excluding hydrogens is 769 g/mol. The average Bonchev–Trinajstić information content (AvgIpc) is 4.03. The Morgan fingerprint density at radius 1 is 0.468 bits per heavy atom. The van der Waals surface area contributed by atoms with Crippen LogP contribution in [0.4, 0.5) is 0 Å². The van der Waals surface area contributed by atoms with Gasteiger partial charge in [0.1, 0.15) is 23.0 Å². The minimum Gasteiger partial charge on any atom is -0.496 e. The number of ether oxygens (including phenoxy) is 4. The summed E-state index contributed by atoms with van der Waals surface area (Å²) in [4.78, 5) is 10.5. The highest BCUT2D eigenvalue weighted by Gasteiger charge is 2.40. The van der Waals surface area contributed by atoms with Crippen LogP contribution in [0.5, 0.6) is 23.0 Å². The summed E-state index contributed by atoms with van der Waals surface area (Å²) in [6.45, 7) is 13.5. The Balaban J connectivity index is 0.000000158. The third-order valence-electron chi connectivity index (χ3n) is 14.9. The van der Waals surface area contributed by atoms with Crippen LogP contribution >= 0.6 is 0 Å². The average molecular weight is 841 g/mol. The molecular formula is C54H72N4O4. The summed E-state index contributed by atoms with van der Waals surface area (Å²) in [5.74, 6) is 4.74. The second-order valence-corrected chi connectivity index (χ2v) is 18.7. The lowest BCUT2D eigenvalue weighted by Crippen LogP contribution is -2.35. The standard InChI is InChI=1S/2C27H36N2O2/c1-30-25-13-4-3-10-21(25)23-20-29-18-8-12-24(29)22-11-7-14-26(27(22)23)31-19-9-17-28-15-5-2-6-16-28;1-30-27-11-4-3-9-23(27)25-20-29-17-7-10-26(29)24-19-21(12-13-22(24)25)31-18-8-16-28-14-5-2-6-15-28/h3-4,7,10-11,13-14,23-24H,2,5-6,8-9,12,15-20H2,1H3;3-4,9,11-13,19,25-26H,2,5-8,10,14-18,20H2,1H3/t23-,24-;25-,26-/m00/s1. The van der Waals surface area contributed by atoms with Gasteiger partial charge >= 0.3 is 0 Å². The van der Waals surface area contributed by atoms with E-state index in [1.165, 1.54) is 137 Å². The van der Waals surface area contributed by atoms with E-state index >= 15 is 0 Å². The lowest BCUT2D eigenvalue weighted by molar-refractivity contribution is 0.200. The van der Waals surface area contributed by atoms with Gasteiger partial charge in [0.15, 0.2) is 0 Å². The maximum Gasteiger partial charge on any atom is 0.123 e. The zero-order valence-electron chi connectivity index (χ0n) is 37.8. The van der Waals surface area contributed by atoms with Gasteiger partial charge in [-0.3, -0.25) is 9.80 Å². The SMILES string of the molecule is COc1ccccc1[C@@H]1CN2CCC[C@H]2c2cccc(OCCCN3CCCCC3)c21.COc1ccccc1[C@H]1CN2CCC[C@H]2c2cc(OCCCN3CCCCC3)ccc21. The van der Waals surface area contributed by atoms with Gasteiger partial charge in [-0.25, -0.2) is 0 Å². The molecule has 6 aliphatic heterocycles. The smallest absolute Gasteiger partial charge is 0.123 e. The molecule has 0 N–H and O–H groups in total. The summed E-state index contributed by atoms with van der Waals surface area (Å²) in [5, 5.41) is 0. The van der Waals surface area contributed by atoms with Crippen molar-refractivity contribution >= 4 is 0 Å². The van der Waals surface area contributed by atoms with Crippen LogP contribution in [0.25, 0.3) is 0 Å². The van der Waals surface area contributed by atoms with E-state index in [9.17, 15) is 0 Å². The zero-order valence-corrected chi connectivity index (χ0v) is 37.8. The quantitative estimate of drug-likeness (QED) is 0.116. The van der Waals surface area contributed by atoms with Crippen molar-refractivity contribution in [1.29, 1.82) is 0 Å².